The van der Waals surface area contributed by atoms with E-state index >= 15 is 0 Å². The van der Waals surface area contributed by atoms with Crippen LogP contribution in [0.2, 0.25) is 5.02 Å². The van der Waals surface area contributed by atoms with Gasteiger partial charge in [0.15, 0.2) is 0 Å². The summed E-state index contributed by atoms with van der Waals surface area (Å²) in [4.78, 5) is 12.7. The Bertz CT molecular complexity index is 996. The van der Waals surface area contributed by atoms with E-state index in [2.05, 4.69) is 20.3 Å². The maximum Gasteiger partial charge on any atom is 0.387 e. The van der Waals surface area contributed by atoms with Crippen LogP contribution in [0.4, 0.5) is 8.78 Å². The van der Waals surface area contributed by atoms with Crippen LogP contribution in [0.25, 0.3) is 11.3 Å². The molecule has 2 unspecified atom stereocenters. The highest BCUT2D eigenvalue weighted by molar-refractivity contribution is 6.30. The molecule has 1 aromatic heterocycles. The van der Waals surface area contributed by atoms with Crippen molar-refractivity contribution in [2.24, 2.45) is 0 Å². The molecule has 0 radical (unpaired) electrons. The molecule has 3 aromatic rings. The lowest BCUT2D eigenvalue weighted by molar-refractivity contribution is -0.0498. The van der Waals surface area contributed by atoms with Crippen molar-refractivity contribution in [2.45, 2.75) is 25.7 Å². The van der Waals surface area contributed by atoms with Gasteiger partial charge in [-0.05, 0) is 36.8 Å². The van der Waals surface area contributed by atoms with Gasteiger partial charge in [0.2, 0.25) is 0 Å². The number of benzene rings is 2. The fraction of sp³-hybridized carbons (Fsp3) is 0.200. The van der Waals surface area contributed by atoms with Gasteiger partial charge in [0.1, 0.15) is 5.75 Å². The summed E-state index contributed by atoms with van der Waals surface area (Å²) in [6.45, 7) is -1.30. The Morgan fingerprint density at radius 2 is 2.00 bits per heavy atom. The Balaban J connectivity index is 1.77. The topological polar surface area (TPSA) is 87.2 Å². The number of hydrogen-bond donors (Lipinski definition) is 3. The second kappa shape index (κ2) is 9.02. The van der Waals surface area contributed by atoms with Crippen LogP contribution < -0.4 is 10.1 Å². The summed E-state index contributed by atoms with van der Waals surface area (Å²) in [5.74, 6) is -0.522. The average Bonchev–Trinajstić information content (AvgIpc) is 3.17. The van der Waals surface area contributed by atoms with Gasteiger partial charge in [0, 0.05) is 10.6 Å². The molecule has 0 aliphatic rings. The monoisotopic (exact) mass is 421 g/mol. The minimum atomic E-state index is -2.95. The molecule has 9 heteroatoms. The fourth-order valence-corrected chi connectivity index (χ4v) is 3.05. The van der Waals surface area contributed by atoms with Crippen LogP contribution in [0.1, 0.15) is 28.9 Å². The molecule has 0 saturated heterocycles. The number of nitrogens with zero attached hydrogens (tertiary/aromatic N) is 1. The summed E-state index contributed by atoms with van der Waals surface area (Å²) in [5.41, 5.74) is 1.56. The predicted molar refractivity (Wildman–Crippen MR) is 104 cm³/mol. The summed E-state index contributed by atoms with van der Waals surface area (Å²) in [6.07, 6.45) is 0.347. The number of aromatic amines is 1. The van der Waals surface area contributed by atoms with Crippen LogP contribution in [0.5, 0.6) is 5.75 Å². The molecular weight excluding hydrogens is 404 g/mol. The maximum atomic E-state index is 12.7. The number of alkyl halides is 2. The smallest absolute Gasteiger partial charge is 0.387 e. The molecule has 0 aliphatic heterocycles. The number of carbonyl (C=O) groups excluding carboxylic acids is 1. The summed E-state index contributed by atoms with van der Waals surface area (Å²) in [6, 6.07) is 12.0. The minimum absolute atomic E-state index is 0.0387. The average molecular weight is 422 g/mol. The van der Waals surface area contributed by atoms with Gasteiger partial charge in [0.05, 0.1) is 29.6 Å². The molecule has 0 saturated carbocycles. The molecule has 0 aliphatic carbocycles. The van der Waals surface area contributed by atoms with Crippen LogP contribution in [-0.2, 0) is 0 Å². The number of hydrogen-bond acceptors (Lipinski definition) is 4. The van der Waals surface area contributed by atoms with Crippen molar-refractivity contribution in [3.63, 3.8) is 0 Å². The van der Waals surface area contributed by atoms with Crippen molar-refractivity contribution in [3.05, 3.63) is 70.9 Å². The van der Waals surface area contributed by atoms with Crippen LogP contribution in [0, 0.1) is 0 Å². The first kappa shape index (κ1) is 20.8. The van der Waals surface area contributed by atoms with Gasteiger partial charge in [-0.2, -0.15) is 13.9 Å². The van der Waals surface area contributed by atoms with Crippen molar-refractivity contribution < 1.29 is 23.4 Å². The lowest BCUT2D eigenvalue weighted by Crippen LogP contribution is -2.37. The van der Waals surface area contributed by atoms with E-state index < -0.39 is 24.7 Å². The molecular formula is C20H18ClF2N3O3. The minimum Gasteiger partial charge on any atom is -0.435 e. The molecule has 0 fully saturated rings. The largest absolute Gasteiger partial charge is 0.435 e. The number of amides is 1. The molecule has 3 N–H and O–H groups in total. The van der Waals surface area contributed by atoms with Crippen molar-refractivity contribution in [2.75, 3.05) is 0 Å². The molecule has 0 spiro atoms. The molecule has 152 valence electrons. The summed E-state index contributed by atoms with van der Waals surface area (Å²) >= 11 is 5.95. The zero-order valence-electron chi connectivity index (χ0n) is 15.3. The highest BCUT2D eigenvalue weighted by atomic mass is 35.5. The van der Waals surface area contributed by atoms with Crippen LogP contribution >= 0.6 is 11.6 Å². The maximum absolute atomic E-state index is 12.7. The van der Waals surface area contributed by atoms with Crippen molar-refractivity contribution in [1.82, 2.24) is 15.5 Å². The van der Waals surface area contributed by atoms with Crippen LogP contribution in [0.3, 0.4) is 0 Å². The first-order chi connectivity index (χ1) is 13.8. The van der Waals surface area contributed by atoms with E-state index in [0.29, 0.717) is 21.8 Å². The molecule has 3 rings (SSSR count). The summed E-state index contributed by atoms with van der Waals surface area (Å²) < 4.78 is 29.3. The zero-order chi connectivity index (χ0) is 21.0. The molecule has 6 nitrogen and oxygen atoms in total. The second-order valence-electron chi connectivity index (χ2n) is 6.33. The third-order valence-corrected chi connectivity index (χ3v) is 4.49. The van der Waals surface area contributed by atoms with E-state index in [1.807, 2.05) is 0 Å². The van der Waals surface area contributed by atoms with E-state index in [4.69, 9.17) is 11.6 Å². The number of nitrogens with one attached hydrogen (secondary N) is 2. The van der Waals surface area contributed by atoms with Crippen molar-refractivity contribution >= 4 is 17.5 Å². The lowest BCUT2D eigenvalue weighted by atomic mass is 10.0. The van der Waals surface area contributed by atoms with Crippen LogP contribution in [-0.4, -0.2) is 33.9 Å². The molecule has 1 heterocycles. The first-order valence-electron chi connectivity index (χ1n) is 8.68. The van der Waals surface area contributed by atoms with Crippen LogP contribution in [0.15, 0.2) is 54.7 Å². The van der Waals surface area contributed by atoms with E-state index in [0.717, 1.165) is 0 Å². The van der Waals surface area contributed by atoms with E-state index in [-0.39, 0.29) is 11.3 Å². The highest BCUT2D eigenvalue weighted by Gasteiger charge is 2.22. The van der Waals surface area contributed by atoms with E-state index in [1.54, 1.807) is 37.3 Å². The Labute approximate surface area is 170 Å². The van der Waals surface area contributed by atoms with Crippen molar-refractivity contribution in [1.29, 1.82) is 0 Å². The van der Waals surface area contributed by atoms with Gasteiger partial charge in [-0.15, -0.1) is 0 Å². The number of aromatic nitrogens is 2. The highest BCUT2D eigenvalue weighted by Crippen LogP contribution is 2.26. The fourth-order valence-electron chi connectivity index (χ4n) is 2.85. The normalized spacial score (nSPS) is 13.2. The summed E-state index contributed by atoms with van der Waals surface area (Å²) in [5, 5.41) is 20.2. The first-order valence-corrected chi connectivity index (χ1v) is 9.06. The Kier molecular flexibility index (Phi) is 6.46. The van der Waals surface area contributed by atoms with Crippen molar-refractivity contribution in [3.8, 4) is 17.0 Å². The van der Waals surface area contributed by atoms with E-state index in [1.165, 1.54) is 24.4 Å². The van der Waals surface area contributed by atoms with E-state index in [9.17, 15) is 18.7 Å². The molecule has 2 atom stereocenters. The zero-order valence-corrected chi connectivity index (χ0v) is 16.0. The predicted octanol–water partition coefficient (Wildman–Crippen LogP) is 4.18. The third-order valence-electron chi connectivity index (χ3n) is 4.25. The number of carbonyl (C=O) groups is 1. The van der Waals surface area contributed by atoms with Gasteiger partial charge in [-0.1, -0.05) is 35.9 Å². The Hall–Kier alpha value is -2.97. The number of H-pyrrole nitrogens is 1. The Morgan fingerprint density at radius 1 is 1.24 bits per heavy atom. The van der Waals surface area contributed by atoms with Gasteiger partial charge < -0.3 is 15.2 Å². The van der Waals surface area contributed by atoms with Gasteiger partial charge in [0.25, 0.3) is 5.91 Å². The molecule has 1 amide bonds. The lowest BCUT2D eigenvalue weighted by Gasteiger charge is -2.21. The third kappa shape index (κ3) is 5.10. The quantitative estimate of drug-likeness (QED) is 0.534. The SMILES string of the molecule is CC(NC(=O)c1cn[nH]c1-c1cccc(OC(F)F)c1)C(O)c1cccc(Cl)c1. The standard InChI is InChI=1S/C20H18ClF2N3O3/c1-11(18(27)13-5-2-6-14(21)8-13)25-19(28)16-10-24-26-17(16)12-4-3-7-15(9-12)29-20(22)23/h2-11,18,20,27H,1H3,(H,24,26)(H,25,28). The molecule has 0 bridgehead atoms. The Morgan fingerprint density at radius 3 is 2.72 bits per heavy atom. The number of rotatable bonds is 7. The number of halogens is 3. The number of aliphatic hydroxyl groups excluding tert-OH is 1. The number of aliphatic hydroxyl groups is 1. The number of ether oxygens (including phenoxy) is 1. The van der Waals surface area contributed by atoms with Gasteiger partial charge in [-0.25, -0.2) is 0 Å². The molecule has 2 aromatic carbocycles. The van der Waals surface area contributed by atoms with Gasteiger partial charge >= 0.3 is 6.61 Å². The second-order valence-corrected chi connectivity index (χ2v) is 6.76. The summed E-state index contributed by atoms with van der Waals surface area (Å²) in [7, 11) is 0. The molecule has 29 heavy (non-hydrogen) atoms. The van der Waals surface area contributed by atoms with Gasteiger partial charge in [-0.3, -0.25) is 9.89 Å².